The highest BCUT2D eigenvalue weighted by Crippen LogP contribution is 2.32. The van der Waals surface area contributed by atoms with Gasteiger partial charge in [-0.15, -0.1) is 0 Å². The highest BCUT2D eigenvalue weighted by atomic mass is 14.9. The molecular weight excluding hydrogens is 288 g/mol. The molecule has 0 amide bonds. The van der Waals surface area contributed by atoms with Crippen molar-refractivity contribution in [2.75, 3.05) is 5.73 Å². The maximum absolute atomic E-state index is 5.95. The monoisotopic (exact) mass is 300 g/mol. The van der Waals surface area contributed by atoms with Gasteiger partial charge in [-0.3, -0.25) is 9.97 Å². The third-order valence-electron chi connectivity index (χ3n) is 3.52. The zero-order valence-corrected chi connectivity index (χ0v) is 12.1. The van der Waals surface area contributed by atoms with Gasteiger partial charge in [0.15, 0.2) is 5.82 Å². The second-order valence-electron chi connectivity index (χ2n) is 4.97. The van der Waals surface area contributed by atoms with Crippen molar-refractivity contribution >= 4 is 16.9 Å². The summed E-state index contributed by atoms with van der Waals surface area (Å²) in [7, 11) is 0. The highest BCUT2D eigenvalue weighted by molar-refractivity contribution is 5.92. The van der Waals surface area contributed by atoms with Gasteiger partial charge in [-0.25, -0.2) is 15.0 Å². The van der Waals surface area contributed by atoms with Crippen molar-refractivity contribution < 1.29 is 0 Å². The minimum atomic E-state index is 0.352. The number of anilines is 1. The molecule has 23 heavy (non-hydrogen) atoms. The van der Waals surface area contributed by atoms with Gasteiger partial charge in [-0.1, -0.05) is 12.1 Å². The summed E-state index contributed by atoms with van der Waals surface area (Å²) >= 11 is 0. The Morgan fingerprint density at radius 3 is 2.65 bits per heavy atom. The summed E-state index contributed by atoms with van der Waals surface area (Å²) in [4.78, 5) is 21.6. The zero-order chi connectivity index (χ0) is 15.6. The Kier molecular flexibility index (Phi) is 3.12. The van der Waals surface area contributed by atoms with Crippen LogP contribution in [0.3, 0.4) is 0 Å². The summed E-state index contributed by atoms with van der Waals surface area (Å²) in [6.45, 7) is 0. The van der Waals surface area contributed by atoms with E-state index < -0.39 is 0 Å². The molecule has 4 rings (SSSR count). The van der Waals surface area contributed by atoms with Gasteiger partial charge in [-0.2, -0.15) is 0 Å². The number of aromatic nitrogens is 5. The first-order valence-corrected chi connectivity index (χ1v) is 7.06. The molecule has 0 radical (unpaired) electrons. The van der Waals surface area contributed by atoms with Gasteiger partial charge >= 0.3 is 0 Å². The molecule has 0 saturated carbocycles. The van der Waals surface area contributed by atoms with Gasteiger partial charge < -0.3 is 5.73 Å². The van der Waals surface area contributed by atoms with Crippen LogP contribution in [0.1, 0.15) is 0 Å². The van der Waals surface area contributed by atoms with Crippen LogP contribution in [0, 0.1) is 0 Å². The molecule has 0 unspecified atom stereocenters. The lowest BCUT2D eigenvalue weighted by Gasteiger charge is -2.10. The van der Waals surface area contributed by atoms with E-state index in [0.29, 0.717) is 16.9 Å². The van der Waals surface area contributed by atoms with E-state index in [2.05, 4.69) is 24.9 Å². The molecule has 4 aromatic heterocycles. The maximum Gasteiger partial charge on any atom is 0.153 e. The van der Waals surface area contributed by atoms with Gasteiger partial charge in [0.05, 0.1) is 16.9 Å². The first kappa shape index (κ1) is 13.3. The number of fused-ring (bicyclic) bond motifs is 1. The van der Waals surface area contributed by atoms with Crippen LogP contribution in [0.2, 0.25) is 0 Å². The Bertz CT molecular complexity index is 970. The SMILES string of the molecule is Nc1ncnc2cc(-c3cccnc3)c(-c3ccccn3)nc12. The first-order valence-electron chi connectivity index (χ1n) is 7.06. The largest absolute Gasteiger partial charge is 0.382 e. The second kappa shape index (κ2) is 5.42. The summed E-state index contributed by atoms with van der Waals surface area (Å²) in [6.07, 6.45) is 6.70. The van der Waals surface area contributed by atoms with E-state index in [1.165, 1.54) is 6.33 Å². The van der Waals surface area contributed by atoms with Crippen molar-refractivity contribution in [3.05, 3.63) is 61.3 Å². The molecule has 2 N–H and O–H groups in total. The Labute approximate surface area is 132 Å². The topological polar surface area (TPSA) is 90.5 Å². The predicted molar refractivity (Wildman–Crippen MR) is 88.2 cm³/mol. The highest BCUT2D eigenvalue weighted by Gasteiger charge is 2.14. The molecule has 0 spiro atoms. The van der Waals surface area contributed by atoms with Crippen LogP contribution < -0.4 is 5.73 Å². The number of hydrogen-bond acceptors (Lipinski definition) is 6. The number of rotatable bonds is 2. The van der Waals surface area contributed by atoms with E-state index >= 15 is 0 Å². The molecule has 0 aromatic carbocycles. The molecule has 0 bridgehead atoms. The third-order valence-corrected chi connectivity index (χ3v) is 3.52. The molecule has 0 atom stereocenters. The minimum absolute atomic E-state index is 0.352. The lowest BCUT2D eigenvalue weighted by Crippen LogP contribution is -1.99. The van der Waals surface area contributed by atoms with Gasteiger partial charge in [-0.05, 0) is 24.3 Å². The average Bonchev–Trinajstić information content (AvgIpc) is 2.63. The molecule has 0 aliphatic carbocycles. The standard InChI is InChI=1S/C17H12N6/c18-17-16-14(21-10-22-17)8-12(11-4-3-6-19-9-11)15(23-16)13-5-1-2-7-20-13/h1-10H,(H2,18,21,22). The summed E-state index contributed by atoms with van der Waals surface area (Å²) in [5, 5.41) is 0. The van der Waals surface area contributed by atoms with Gasteiger partial charge in [0.25, 0.3) is 0 Å². The molecule has 0 fully saturated rings. The number of hydrogen-bond donors (Lipinski definition) is 1. The fourth-order valence-corrected chi connectivity index (χ4v) is 2.44. The van der Waals surface area contributed by atoms with Crippen LogP contribution in [-0.2, 0) is 0 Å². The van der Waals surface area contributed by atoms with E-state index in [0.717, 1.165) is 22.5 Å². The smallest absolute Gasteiger partial charge is 0.153 e. The van der Waals surface area contributed by atoms with E-state index in [-0.39, 0.29) is 0 Å². The van der Waals surface area contributed by atoms with Crippen molar-refractivity contribution in [3.63, 3.8) is 0 Å². The van der Waals surface area contributed by atoms with Crippen molar-refractivity contribution in [2.45, 2.75) is 0 Å². The van der Waals surface area contributed by atoms with Crippen LogP contribution in [-0.4, -0.2) is 24.9 Å². The number of pyridine rings is 3. The molecule has 6 heteroatoms. The normalized spacial score (nSPS) is 10.8. The molecule has 4 aromatic rings. The molecule has 0 aliphatic rings. The average molecular weight is 300 g/mol. The predicted octanol–water partition coefficient (Wildman–Crippen LogP) is 2.73. The number of nitrogens with two attached hydrogens (primary N) is 1. The van der Waals surface area contributed by atoms with Crippen LogP contribution in [0.5, 0.6) is 0 Å². The third kappa shape index (κ3) is 2.36. The Balaban J connectivity index is 2.07. The minimum Gasteiger partial charge on any atom is -0.382 e. The summed E-state index contributed by atoms with van der Waals surface area (Å²) < 4.78 is 0. The quantitative estimate of drug-likeness (QED) is 0.612. The summed E-state index contributed by atoms with van der Waals surface area (Å²) in [5.74, 6) is 0.352. The maximum atomic E-state index is 5.95. The van der Waals surface area contributed by atoms with Crippen molar-refractivity contribution in [3.8, 4) is 22.5 Å². The van der Waals surface area contributed by atoms with Crippen molar-refractivity contribution in [1.82, 2.24) is 24.9 Å². The number of nitrogens with zero attached hydrogens (tertiary/aromatic N) is 5. The first-order chi connectivity index (χ1) is 11.3. The lowest BCUT2D eigenvalue weighted by atomic mass is 10.0. The zero-order valence-electron chi connectivity index (χ0n) is 12.1. The van der Waals surface area contributed by atoms with Crippen LogP contribution in [0.25, 0.3) is 33.5 Å². The fraction of sp³-hybridized carbons (Fsp3) is 0. The van der Waals surface area contributed by atoms with E-state index in [9.17, 15) is 0 Å². The van der Waals surface area contributed by atoms with Gasteiger partial charge in [0.2, 0.25) is 0 Å². The molecule has 0 aliphatic heterocycles. The molecule has 110 valence electrons. The van der Waals surface area contributed by atoms with Crippen molar-refractivity contribution in [1.29, 1.82) is 0 Å². The second-order valence-corrected chi connectivity index (χ2v) is 4.97. The molecule has 0 saturated heterocycles. The Morgan fingerprint density at radius 2 is 1.87 bits per heavy atom. The fourth-order valence-electron chi connectivity index (χ4n) is 2.44. The van der Waals surface area contributed by atoms with Crippen LogP contribution in [0.4, 0.5) is 5.82 Å². The van der Waals surface area contributed by atoms with Crippen LogP contribution in [0.15, 0.2) is 61.3 Å². The lowest BCUT2D eigenvalue weighted by molar-refractivity contribution is 1.20. The van der Waals surface area contributed by atoms with E-state index in [1.807, 2.05) is 36.4 Å². The summed E-state index contributed by atoms with van der Waals surface area (Å²) in [6, 6.07) is 11.5. The molecule has 6 nitrogen and oxygen atoms in total. The number of nitrogen functional groups attached to an aromatic ring is 1. The van der Waals surface area contributed by atoms with E-state index in [1.54, 1.807) is 18.6 Å². The Morgan fingerprint density at radius 1 is 0.913 bits per heavy atom. The van der Waals surface area contributed by atoms with Crippen LogP contribution >= 0.6 is 0 Å². The molecule has 4 heterocycles. The summed E-state index contributed by atoms with van der Waals surface area (Å²) in [5.41, 5.74) is 10.5. The Hall–Kier alpha value is -3.41. The van der Waals surface area contributed by atoms with Gasteiger partial charge in [0, 0.05) is 29.7 Å². The molecular formula is C17H12N6. The van der Waals surface area contributed by atoms with Gasteiger partial charge in [0.1, 0.15) is 11.8 Å². The van der Waals surface area contributed by atoms with Crippen molar-refractivity contribution in [2.24, 2.45) is 0 Å². The van der Waals surface area contributed by atoms with E-state index in [4.69, 9.17) is 5.73 Å².